The van der Waals surface area contributed by atoms with Gasteiger partial charge in [0.05, 0.1) is 17.7 Å². The summed E-state index contributed by atoms with van der Waals surface area (Å²) in [7, 11) is 1.59. The molecule has 0 aliphatic rings. The van der Waals surface area contributed by atoms with Crippen LogP contribution in [0.3, 0.4) is 0 Å². The Balaban J connectivity index is 1.51. The zero-order chi connectivity index (χ0) is 25.2. The molecule has 0 saturated heterocycles. The number of carboxylic acid groups (broad SMARTS) is 1. The maximum absolute atomic E-state index is 12.4. The molecular weight excluding hydrogens is 472 g/mol. The highest BCUT2D eigenvalue weighted by Gasteiger charge is 2.22. The highest BCUT2D eigenvalue weighted by Crippen LogP contribution is 2.18. The van der Waals surface area contributed by atoms with Crippen LogP contribution in [-0.4, -0.2) is 42.8 Å². The van der Waals surface area contributed by atoms with Gasteiger partial charge in [0.15, 0.2) is 0 Å². The van der Waals surface area contributed by atoms with Crippen molar-refractivity contribution in [2.75, 3.05) is 13.7 Å². The third-order valence-electron chi connectivity index (χ3n) is 5.15. The van der Waals surface area contributed by atoms with Crippen molar-refractivity contribution >= 4 is 29.6 Å². The summed E-state index contributed by atoms with van der Waals surface area (Å²) in [5.74, 6) is -0.704. The Hall–Kier alpha value is -4.04. The van der Waals surface area contributed by atoms with Crippen LogP contribution in [0.2, 0.25) is 5.02 Å². The topological polar surface area (TPSA) is 114 Å². The summed E-state index contributed by atoms with van der Waals surface area (Å²) in [5, 5.41) is 14.9. The summed E-state index contributed by atoms with van der Waals surface area (Å²) >= 11 is 6.02. The number of rotatable bonds is 10. The van der Waals surface area contributed by atoms with Gasteiger partial charge >= 0.3 is 12.1 Å². The minimum Gasteiger partial charge on any atom is -0.496 e. The van der Waals surface area contributed by atoms with Crippen molar-refractivity contribution in [1.29, 1.82) is 0 Å². The largest absolute Gasteiger partial charge is 0.496 e. The molecule has 0 fully saturated rings. The Labute approximate surface area is 207 Å². The minimum atomic E-state index is -1.18. The van der Waals surface area contributed by atoms with Gasteiger partial charge in [0.1, 0.15) is 17.5 Å². The number of carbonyl (C=O) groups excluding carboxylic acids is 2. The number of halogens is 1. The van der Waals surface area contributed by atoms with Crippen LogP contribution in [0.4, 0.5) is 4.79 Å². The third-order valence-corrected chi connectivity index (χ3v) is 5.48. The van der Waals surface area contributed by atoms with Crippen molar-refractivity contribution in [3.05, 3.63) is 94.5 Å². The second-order valence-corrected chi connectivity index (χ2v) is 7.98. The first kappa shape index (κ1) is 25.6. The monoisotopic (exact) mass is 496 g/mol. The van der Waals surface area contributed by atoms with Gasteiger partial charge in [0.25, 0.3) is 5.91 Å². The summed E-state index contributed by atoms with van der Waals surface area (Å²) in [6.07, 6.45) is 0.00825. The second-order valence-electron chi connectivity index (χ2n) is 7.57. The van der Waals surface area contributed by atoms with Gasteiger partial charge in [-0.1, -0.05) is 54.1 Å². The molecule has 0 saturated carbocycles. The number of carbonyl (C=O) groups is 3. The molecule has 2 amide bonds. The fraction of sp³-hybridized carbons (Fsp3) is 0.192. The molecule has 3 rings (SSSR count). The van der Waals surface area contributed by atoms with E-state index in [1.165, 1.54) is 6.07 Å². The fourth-order valence-electron chi connectivity index (χ4n) is 3.36. The van der Waals surface area contributed by atoms with E-state index in [2.05, 4.69) is 10.6 Å². The van der Waals surface area contributed by atoms with E-state index >= 15 is 0 Å². The quantitative estimate of drug-likeness (QED) is 0.389. The number of methoxy groups -OCH3 is 1. The highest BCUT2D eigenvalue weighted by atomic mass is 35.5. The van der Waals surface area contributed by atoms with Crippen LogP contribution in [0.25, 0.3) is 0 Å². The van der Waals surface area contributed by atoms with Crippen LogP contribution in [0.5, 0.6) is 11.5 Å². The third kappa shape index (κ3) is 7.48. The SMILES string of the molecule is COc1ccccc1CCNC(=O)Oc1ccc(C[C@H](NC(=O)c2ccccc2Cl)C(=O)O)cc1. The number of hydrogen-bond donors (Lipinski definition) is 3. The molecule has 182 valence electrons. The van der Waals surface area contributed by atoms with Crippen molar-refractivity contribution in [2.45, 2.75) is 18.9 Å². The number of hydrogen-bond acceptors (Lipinski definition) is 5. The molecule has 8 nitrogen and oxygen atoms in total. The molecule has 0 radical (unpaired) electrons. The number of aliphatic carboxylic acids is 1. The van der Waals surface area contributed by atoms with Crippen LogP contribution in [0.1, 0.15) is 21.5 Å². The molecule has 0 unspecified atom stereocenters. The van der Waals surface area contributed by atoms with E-state index in [1.807, 2.05) is 24.3 Å². The fourth-order valence-corrected chi connectivity index (χ4v) is 3.58. The molecule has 0 bridgehead atoms. The molecule has 0 aromatic heterocycles. The zero-order valence-corrected chi connectivity index (χ0v) is 19.7. The average Bonchev–Trinajstić information content (AvgIpc) is 2.85. The van der Waals surface area contributed by atoms with Gasteiger partial charge in [0, 0.05) is 13.0 Å². The number of para-hydroxylation sites is 1. The summed E-state index contributed by atoms with van der Waals surface area (Å²) in [6.45, 7) is 0.364. The lowest BCUT2D eigenvalue weighted by molar-refractivity contribution is -0.139. The molecule has 0 aliphatic heterocycles. The Bertz CT molecular complexity index is 1180. The van der Waals surface area contributed by atoms with Crippen molar-refractivity contribution in [3.8, 4) is 11.5 Å². The van der Waals surface area contributed by atoms with Crippen LogP contribution in [0, 0.1) is 0 Å². The molecule has 0 aliphatic carbocycles. The first-order valence-corrected chi connectivity index (χ1v) is 11.2. The van der Waals surface area contributed by atoms with Crippen LogP contribution < -0.4 is 20.1 Å². The lowest BCUT2D eigenvalue weighted by Gasteiger charge is -2.15. The number of carboxylic acids is 1. The van der Waals surface area contributed by atoms with Gasteiger partial charge in [0.2, 0.25) is 0 Å². The maximum atomic E-state index is 12.4. The molecule has 0 heterocycles. The molecular formula is C26H25ClN2O6. The molecule has 9 heteroatoms. The molecule has 0 spiro atoms. The van der Waals surface area contributed by atoms with Gasteiger partial charge in [-0.15, -0.1) is 0 Å². The van der Waals surface area contributed by atoms with Crippen molar-refractivity contribution in [1.82, 2.24) is 10.6 Å². The van der Waals surface area contributed by atoms with Gasteiger partial charge in [-0.2, -0.15) is 0 Å². The Morgan fingerprint density at radius 3 is 2.34 bits per heavy atom. The van der Waals surface area contributed by atoms with Crippen molar-refractivity contribution in [2.24, 2.45) is 0 Å². The van der Waals surface area contributed by atoms with E-state index in [0.29, 0.717) is 24.3 Å². The van der Waals surface area contributed by atoms with Gasteiger partial charge < -0.3 is 25.2 Å². The van der Waals surface area contributed by atoms with Gasteiger partial charge in [-0.3, -0.25) is 4.79 Å². The van der Waals surface area contributed by atoms with E-state index in [9.17, 15) is 19.5 Å². The van der Waals surface area contributed by atoms with Crippen LogP contribution >= 0.6 is 11.6 Å². The van der Waals surface area contributed by atoms with E-state index in [0.717, 1.165) is 11.3 Å². The van der Waals surface area contributed by atoms with E-state index in [-0.39, 0.29) is 17.0 Å². The second kappa shape index (κ2) is 12.4. The summed E-state index contributed by atoms with van der Waals surface area (Å²) < 4.78 is 10.6. The van der Waals surface area contributed by atoms with Crippen molar-refractivity contribution < 1.29 is 29.0 Å². The molecule has 1 atom stereocenters. The predicted molar refractivity (Wildman–Crippen MR) is 131 cm³/mol. The highest BCUT2D eigenvalue weighted by molar-refractivity contribution is 6.33. The Morgan fingerprint density at radius 2 is 1.66 bits per heavy atom. The molecule has 3 aromatic carbocycles. The lowest BCUT2D eigenvalue weighted by Crippen LogP contribution is -2.42. The van der Waals surface area contributed by atoms with E-state index in [1.54, 1.807) is 49.6 Å². The number of ether oxygens (including phenoxy) is 2. The first-order valence-electron chi connectivity index (χ1n) is 10.8. The first-order chi connectivity index (χ1) is 16.9. The number of benzene rings is 3. The molecule has 3 N–H and O–H groups in total. The number of amides is 2. The van der Waals surface area contributed by atoms with Crippen molar-refractivity contribution in [3.63, 3.8) is 0 Å². The van der Waals surface area contributed by atoms with Crippen LogP contribution in [0.15, 0.2) is 72.8 Å². The summed E-state index contributed by atoms with van der Waals surface area (Å²) in [4.78, 5) is 36.2. The zero-order valence-electron chi connectivity index (χ0n) is 19.0. The van der Waals surface area contributed by atoms with Crippen LogP contribution in [-0.2, 0) is 17.6 Å². The molecule has 3 aromatic rings. The Kier molecular flexibility index (Phi) is 9.09. The number of nitrogens with one attached hydrogen (secondary N) is 2. The van der Waals surface area contributed by atoms with E-state index < -0.39 is 24.0 Å². The standard InChI is InChI=1S/C26H25ClN2O6/c1-34-23-9-5-2-6-18(23)14-15-28-26(33)35-19-12-10-17(11-13-19)16-22(25(31)32)29-24(30)20-7-3-4-8-21(20)27/h2-13,22H,14-16H2,1H3,(H,28,33)(H,29,30)(H,31,32)/t22-/m0/s1. The predicted octanol–water partition coefficient (Wildman–Crippen LogP) is 4.11. The van der Waals surface area contributed by atoms with E-state index in [4.69, 9.17) is 21.1 Å². The summed E-state index contributed by atoms with van der Waals surface area (Å²) in [5.41, 5.74) is 1.80. The summed E-state index contributed by atoms with van der Waals surface area (Å²) in [6, 6.07) is 19.2. The van der Waals surface area contributed by atoms with Gasteiger partial charge in [-0.25, -0.2) is 9.59 Å². The minimum absolute atomic E-state index is 0.0386. The molecule has 35 heavy (non-hydrogen) atoms. The average molecular weight is 497 g/mol. The smallest absolute Gasteiger partial charge is 0.412 e. The maximum Gasteiger partial charge on any atom is 0.412 e. The lowest BCUT2D eigenvalue weighted by atomic mass is 10.1. The normalized spacial score (nSPS) is 11.3. The van der Waals surface area contributed by atoms with Gasteiger partial charge in [-0.05, 0) is 47.9 Å². The Morgan fingerprint density at radius 1 is 0.971 bits per heavy atom.